The molecule has 5 heteroatoms. The van der Waals surface area contributed by atoms with Crippen LogP contribution < -0.4 is 4.31 Å². The molecule has 3 rings (SSSR count). The van der Waals surface area contributed by atoms with Gasteiger partial charge in [0.05, 0.1) is 17.1 Å². The smallest absolute Gasteiger partial charge is 0.262 e. The molecule has 3 aromatic rings. The van der Waals surface area contributed by atoms with Crippen LogP contribution >= 0.6 is 0 Å². The third-order valence-corrected chi connectivity index (χ3v) is 5.71. The Morgan fingerprint density at radius 1 is 0.880 bits per heavy atom. The van der Waals surface area contributed by atoms with E-state index in [4.69, 9.17) is 0 Å². The van der Waals surface area contributed by atoms with E-state index in [0.29, 0.717) is 11.3 Å². The SMILES string of the molecule is Cc1ccc(S(=O)(=O)N(Cc2ccccc2)c2ccccc2)cc1F. The van der Waals surface area contributed by atoms with Crippen LogP contribution in [-0.4, -0.2) is 8.42 Å². The highest BCUT2D eigenvalue weighted by atomic mass is 32.2. The zero-order valence-electron chi connectivity index (χ0n) is 13.8. The van der Waals surface area contributed by atoms with E-state index in [0.717, 1.165) is 11.6 Å². The molecule has 25 heavy (non-hydrogen) atoms. The van der Waals surface area contributed by atoms with Gasteiger partial charge < -0.3 is 0 Å². The molecule has 0 radical (unpaired) electrons. The highest BCUT2D eigenvalue weighted by Gasteiger charge is 2.25. The summed E-state index contributed by atoms with van der Waals surface area (Å²) in [5.41, 5.74) is 1.79. The first-order chi connectivity index (χ1) is 12.0. The quantitative estimate of drug-likeness (QED) is 0.674. The normalized spacial score (nSPS) is 11.3. The Morgan fingerprint density at radius 3 is 2.08 bits per heavy atom. The monoisotopic (exact) mass is 355 g/mol. The zero-order valence-corrected chi connectivity index (χ0v) is 14.6. The number of para-hydroxylation sites is 1. The van der Waals surface area contributed by atoms with Crippen LogP contribution in [0.5, 0.6) is 0 Å². The molecule has 0 saturated heterocycles. The number of hydrogen-bond donors (Lipinski definition) is 0. The summed E-state index contributed by atoms with van der Waals surface area (Å²) >= 11 is 0. The van der Waals surface area contributed by atoms with Gasteiger partial charge in [0.1, 0.15) is 5.82 Å². The van der Waals surface area contributed by atoms with Crippen LogP contribution in [0.15, 0.2) is 83.8 Å². The molecule has 0 N–H and O–H groups in total. The van der Waals surface area contributed by atoms with E-state index in [9.17, 15) is 12.8 Å². The predicted molar refractivity (Wildman–Crippen MR) is 97.4 cm³/mol. The van der Waals surface area contributed by atoms with E-state index in [-0.39, 0.29) is 11.4 Å². The molecule has 0 saturated carbocycles. The molecule has 0 aromatic heterocycles. The summed E-state index contributed by atoms with van der Waals surface area (Å²) < 4.78 is 41.5. The lowest BCUT2D eigenvalue weighted by Gasteiger charge is -2.25. The van der Waals surface area contributed by atoms with Gasteiger partial charge in [-0.2, -0.15) is 0 Å². The van der Waals surface area contributed by atoms with Crippen molar-refractivity contribution in [2.45, 2.75) is 18.4 Å². The summed E-state index contributed by atoms with van der Waals surface area (Å²) in [4.78, 5) is -0.0598. The molecule has 0 bridgehead atoms. The van der Waals surface area contributed by atoms with Crippen molar-refractivity contribution in [3.8, 4) is 0 Å². The maximum Gasteiger partial charge on any atom is 0.264 e. The molecule has 3 nitrogen and oxygen atoms in total. The molecular formula is C20H18FNO2S. The molecule has 0 amide bonds. The van der Waals surface area contributed by atoms with Crippen molar-refractivity contribution < 1.29 is 12.8 Å². The molecule has 3 aromatic carbocycles. The number of sulfonamides is 1. The van der Waals surface area contributed by atoms with Gasteiger partial charge in [-0.05, 0) is 42.3 Å². The van der Waals surface area contributed by atoms with Gasteiger partial charge in [-0.3, -0.25) is 4.31 Å². The lowest BCUT2D eigenvalue weighted by Crippen LogP contribution is -2.30. The van der Waals surface area contributed by atoms with E-state index in [1.54, 1.807) is 31.2 Å². The fourth-order valence-electron chi connectivity index (χ4n) is 2.52. The number of benzene rings is 3. The largest absolute Gasteiger partial charge is 0.264 e. The van der Waals surface area contributed by atoms with E-state index in [1.807, 2.05) is 36.4 Å². The number of rotatable bonds is 5. The standard InChI is InChI=1S/C20H18FNO2S/c1-16-12-13-19(14-20(16)21)25(23,24)22(18-10-6-3-7-11-18)15-17-8-4-2-5-9-17/h2-14H,15H2,1H3. The van der Waals surface area contributed by atoms with Crippen molar-refractivity contribution in [1.29, 1.82) is 0 Å². The summed E-state index contributed by atoms with van der Waals surface area (Å²) in [6.07, 6.45) is 0. The van der Waals surface area contributed by atoms with Crippen LogP contribution in [0.1, 0.15) is 11.1 Å². The minimum Gasteiger partial charge on any atom is -0.262 e. The molecule has 0 unspecified atom stereocenters. The second kappa shape index (κ2) is 7.07. The number of aryl methyl sites for hydroxylation is 1. The molecule has 0 spiro atoms. The Bertz CT molecular complexity index is 958. The average molecular weight is 355 g/mol. The average Bonchev–Trinajstić information content (AvgIpc) is 2.63. The minimum absolute atomic E-state index is 0.0598. The summed E-state index contributed by atoms with van der Waals surface area (Å²) in [6.45, 7) is 1.77. The maximum atomic E-state index is 13.9. The molecule has 0 heterocycles. The first-order valence-corrected chi connectivity index (χ1v) is 9.30. The summed E-state index contributed by atoms with van der Waals surface area (Å²) in [7, 11) is -3.90. The Balaban J connectivity index is 2.08. The fraction of sp³-hybridized carbons (Fsp3) is 0.100. The molecule has 0 aliphatic rings. The topological polar surface area (TPSA) is 37.4 Å². The second-order valence-corrected chi connectivity index (χ2v) is 7.61. The van der Waals surface area contributed by atoms with E-state index in [1.165, 1.54) is 16.4 Å². The highest BCUT2D eigenvalue weighted by molar-refractivity contribution is 7.92. The lowest BCUT2D eigenvalue weighted by molar-refractivity contribution is 0.584. The maximum absolute atomic E-state index is 13.9. The summed E-state index contributed by atoms with van der Waals surface area (Å²) in [6, 6.07) is 22.1. The van der Waals surface area contributed by atoms with Gasteiger partial charge in [0, 0.05) is 0 Å². The predicted octanol–water partition coefficient (Wildman–Crippen LogP) is 4.53. The molecular weight excluding hydrogens is 337 g/mol. The van der Waals surface area contributed by atoms with E-state index < -0.39 is 15.8 Å². The van der Waals surface area contributed by atoms with Gasteiger partial charge in [0.15, 0.2) is 0 Å². The van der Waals surface area contributed by atoms with Gasteiger partial charge in [0.25, 0.3) is 10.0 Å². The molecule has 0 aliphatic carbocycles. The number of nitrogens with zero attached hydrogens (tertiary/aromatic N) is 1. The van der Waals surface area contributed by atoms with Crippen LogP contribution in [0.3, 0.4) is 0 Å². The van der Waals surface area contributed by atoms with Crippen LogP contribution in [-0.2, 0) is 16.6 Å². The van der Waals surface area contributed by atoms with Crippen molar-refractivity contribution in [3.63, 3.8) is 0 Å². The Hall–Kier alpha value is -2.66. The minimum atomic E-state index is -3.90. The first kappa shape index (κ1) is 17.2. The zero-order chi connectivity index (χ0) is 17.9. The third kappa shape index (κ3) is 3.72. The molecule has 0 atom stereocenters. The molecule has 128 valence electrons. The lowest BCUT2D eigenvalue weighted by atomic mass is 10.2. The van der Waals surface area contributed by atoms with Crippen molar-refractivity contribution in [1.82, 2.24) is 0 Å². The van der Waals surface area contributed by atoms with Crippen LogP contribution in [0, 0.1) is 12.7 Å². The number of anilines is 1. The Kier molecular flexibility index (Phi) is 4.86. The fourth-order valence-corrected chi connectivity index (χ4v) is 3.98. The van der Waals surface area contributed by atoms with Crippen molar-refractivity contribution in [2.75, 3.05) is 4.31 Å². The van der Waals surface area contributed by atoms with E-state index in [2.05, 4.69) is 0 Å². The van der Waals surface area contributed by atoms with Gasteiger partial charge in [-0.25, -0.2) is 12.8 Å². The van der Waals surface area contributed by atoms with Crippen LogP contribution in [0.2, 0.25) is 0 Å². The van der Waals surface area contributed by atoms with E-state index >= 15 is 0 Å². The number of halogens is 1. The van der Waals surface area contributed by atoms with Crippen molar-refractivity contribution in [3.05, 3.63) is 95.8 Å². The van der Waals surface area contributed by atoms with Crippen LogP contribution in [0.4, 0.5) is 10.1 Å². The van der Waals surface area contributed by atoms with Gasteiger partial charge in [0.2, 0.25) is 0 Å². The van der Waals surface area contributed by atoms with Crippen molar-refractivity contribution >= 4 is 15.7 Å². The van der Waals surface area contributed by atoms with Gasteiger partial charge in [-0.1, -0.05) is 54.6 Å². The third-order valence-electron chi connectivity index (χ3n) is 3.94. The Labute approximate surface area is 147 Å². The highest BCUT2D eigenvalue weighted by Crippen LogP contribution is 2.26. The van der Waals surface area contributed by atoms with Gasteiger partial charge in [-0.15, -0.1) is 0 Å². The number of hydrogen-bond acceptors (Lipinski definition) is 2. The van der Waals surface area contributed by atoms with Gasteiger partial charge >= 0.3 is 0 Å². The Morgan fingerprint density at radius 2 is 1.48 bits per heavy atom. The molecule has 0 aliphatic heterocycles. The molecule has 0 fully saturated rings. The van der Waals surface area contributed by atoms with Crippen molar-refractivity contribution in [2.24, 2.45) is 0 Å². The summed E-state index contributed by atoms with van der Waals surface area (Å²) in [5.74, 6) is -0.534. The second-order valence-electron chi connectivity index (χ2n) is 5.74. The summed E-state index contributed by atoms with van der Waals surface area (Å²) in [5, 5.41) is 0. The van der Waals surface area contributed by atoms with Crippen LogP contribution in [0.25, 0.3) is 0 Å². The first-order valence-electron chi connectivity index (χ1n) is 7.86.